The Kier molecular flexibility index (Phi) is 7.42. The summed E-state index contributed by atoms with van der Waals surface area (Å²) >= 11 is 0. The van der Waals surface area contributed by atoms with Crippen LogP contribution in [0, 0.1) is 11.3 Å². The summed E-state index contributed by atoms with van der Waals surface area (Å²) in [7, 11) is 0. The first-order chi connectivity index (χ1) is 16.3. The highest BCUT2D eigenvalue weighted by atomic mass is 19.4. The molecule has 2 aromatic carbocycles. The van der Waals surface area contributed by atoms with Crippen LogP contribution in [-0.2, 0) is 24.1 Å². The van der Waals surface area contributed by atoms with Crippen molar-refractivity contribution in [2.24, 2.45) is 0 Å². The van der Waals surface area contributed by atoms with Gasteiger partial charge < -0.3 is 9.80 Å². The van der Waals surface area contributed by atoms with Crippen molar-refractivity contribution in [3.63, 3.8) is 0 Å². The first-order valence-electron chi connectivity index (χ1n) is 11.8. The molecule has 0 radical (unpaired) electrons. The molecule has 1 fully saturated rings. The van der Waals surface area contributed by atoms with Gasteiger partial charge in [0.25, 0.3) is 0 Å². The first-order valence-corrected chi connectivity index (χ1v) is 11.8. The Morgan fingerprint density at radius 1 is 0.941 bits per heavy atom. The topological polar surface area (TPSA) is 50.6 Å². The van der Waals surface area contributed by atoms with Crippen molar-refractivity contribution >= 4 is 11.6 Å². The number of fused-ring (bicyclic) bond motifs is 1. The molecule has 0 aliphatic carbocycles. The molecule has 4 rings (SSSR count). The molecule has 1 saturated heterocycles. The lowest BCUT2D eigenvalue weighted by atomic mass is 10.1. The summed E-state index contributed by atoms with van der Waals surface area (Å²) in [6.07, 6.45) is -0.970. The van der Waals surface area contributed by atoms with Gasteiger partial charge in [-0.1, -0.05) is 18.6 Å². The maximum absolute atomic E-state index is 13.0. The third kappa shape index (κ3) is 5.89. The van der Waals surface area contributed by atoms with E-state index in [2.05, 4.69) is 11.0 Å². The molecule has 0 spiro atoms. The molecule has 0 N–H and O–H groups in total. The minimum absolute atomic E-state index is 0.157. The normalized spacial score (nSPS) is 16.4. The third-order valence-corrected chi connectivity index (χ3v) is 6.69. The average molecular weight is 471 g/mol. The van der Waals surface area contributed by atoms with Gasteiger partial charge in [0.15, 0.2) is 0 Å². The van der Waals surface area contributed by atoms with Crippen LogP contribution in [0.3, 0.4) is 0 Å². The highest BCUT2D eigenvalue weighted by Gasteiger charge is 2.31. The monoisotopic (exact) mass is 470 g/mol. The van der Waals surface area contributed by atoms with E-state index in [0.29, 0.717) is 43.9 Å². The minimum atomic E-state index is -4.32. The van der Waals surface area contributed by atoms with Crippen molar-refractivity contribution in [1.82, 2.24) is 9.80 Å². The number of hydrogen-bond donors (Lipinski definition) is 0. The molecule has 2 aliphatic heterocycles. The lowest BCUT2D eigenvalue weighted by Crippen LogP contribution is -2.46. The number of hydrogen-bond acceptors (Lipinski definition) is 4. The van der Waals surface area contributed by atoms with Gasteiger partial charge in [-0.2, -0.15) is 18.4 Å². The molecule has 2 aromatic rings. The number of nitriles is 1. The van der Waals surface area contributed by atoms with Crippen LogP contribution in [0.15, 0.2) is 42.5 Å². The van der Waals surface area contributed by atoms with E-state index < -0.39 is 11.7 Å². The summed E-state index contributed by atoms with van der Waals surface area (Å²) in [6.45, 7) is 5.22. The van der Waals surface area contributed by atoms with Crippen LogP contribution >= 0.6 is 0 Å². The zero-order chi connectivity index (χ0) is 24.1. The number of piperazine rings is 1. The smallest absolute Gasteiger partial charge is 0.369 e. The number of unbranched alkanes of at least 4 members (excludes halogenated alkanes) is 2. The predicted octanol–water partition coefficient (Wildman–Crippen LogP) is 4.80. The van der Waals surface area contributed by atoms with Gasteiger partial charge in [-0.05, 0) is 60.8 Å². The van der Waals surface area contributed by atoms with Gasteiger partial charge in [-0.15, -0.1) is 0 Å². The maximum atomic E-state index is 13.0. The fourth-order valence-corrected chi connectivity index (χ4v) is 4.70. The Bertz CT molecular complexity index is 1050. The number of benzene rings is 2. The maximum Gasteiger partial charge on any atom is 0.416 e. The van der Waals surface area contributed by atoms with Crippen molar-refractivity contribution in [1.29, 1.82) is 5.26 Å². The van der Waals surface area contributed by atoms with E-state index in [-0.39, 0.29) is 5.91 Å². The van der Waals surface area contributed by atoms with E-state index in [4.69, 9.17) is 5.26 Å². The average Bonchev–Trinajstić information content (AvgIpc) is 3.27. The summed E-state index contributed by atoms with van der Waals surface area (Å²) in [5.74, 6) is 0.157. The molecule has 2 heterocycles. The second kappa shape index (κ2) is 10.5. The van der Waals surface area contributed by atoms with Gasteiger partial charge in [-0.3, -0.25) is 9.69 Å². The lowest BCUT2D eigenvalue weighted by Gasteiger charge is -2.36. The number of anilines is 1. The molecule has 8 heteroatoms. The summed E-state index contributed by atoms with van der Waals surface area (Å²) in [5.41, 5.74) is 2.84. The SMILES string of the molecule is N#Cc1ccc2c(c1)CN(C(=O)CCCCCN1CCN(c3cccc(C(F)(F)F)c3)CC1)C2. The van der Waals surface area contributed by atoms with E-state index >= 15 is 0 Å². The van der Waals surface area contributed by atoms with Crippen LogP contribution < -0.4 is 4.90 Å². The molecule has 0 bridgehead atoms. The number of rotatable bonds is 7. The van der Waals surface area contributed by atoms with Gasteiger partial charge >= 0.3 is 6.18 Å². The fraction of sp³-hybridized carbons (Fsp3) is 0.462. The van der Waals surface area contributed by atoms with Crippen molar-refractivity contribution in [3.8, 4) is 6.07 Å². The number of alkyl halides is 3. The van der Waals surface area contributed by atoms with Crippen LogP contribution in [0.5, 0.6) is 0 Å². The number of carbonyl (C=O) groups excluding carboxylic acids is 1. The summed E-state index contributed by atoms with van der Waals surface area (Å²) in [6, 6.07) is 13.3. The zero-order valence-electron chi connectivity index (χ0n) is 19.2. The third-order valence-electron chi connectivity index (χ3n) is 6.69. The molecule has 0 aromatic heterocycles. The predicted molar refractivity (Wildman–Crippen MR) is 124 cm³/mol. The minimum Gasteiger partial charge on any atom is -0.369 e. The number of halogens is 3. The van der Waals surface area contributed by atoms with Gasteiger partial charge in [-0.25, -0.2) is 0 Å². The number of amides is 1. The highest BCUT2D eigenvalue weighted by Crippen LogP contribution is 2.32. The number of carbonyl (C=O) groups is 1. The Morgan fingerprint density at radius 3 is 2.44 bits per heavy atom. The van der Waals surface area contributed by atoms with Crippen LogP contribution in [0.1, 0.15) is 47.9 Å². The molecular weight excluding hydrogens is 441 g/mol. The molecule has 0 atom stereocenters. The van der Waals surface area contributed by atoms with Crippen molar-refractivity contribution in [2.45, 2.75) is 44.9 Å². The molecule has 5 nitrogen and oxygen atoms in total. The summed E-state index contributed by atoms with van der Waals surface area (Å²) in [4.78, 5) is 18.8. The molecular formula is C26H29F3N4O. The largest absolute Gasteiger partial charge is 0.416 e. The van der Waals surface area contributed by atoms with Crippen molar-refractivity contribution < 1.29 is 18.0 Å². The summed E-state index contributed by atoms with van der Waals surface area (Å²) in [5, 5.41) is 9.03. The van der Waals surface area contributed by atoms with Gasteiger partial charge in [0.1, 0.15) is 0 Å². The van der Waals surface area contributed by atoms with Crippen LogP contribution in [0.4, 0.5) is 18.9 Å². The van der Waals surface area contributed by atoms with Crippen LogP contribution in [0.2, 0.25) is 0 Å². The Labute approximate surface area is 198 Å². The molecule has 0 saturated carbocycles. The van der Waals surface area contributed by atoms with E-state index in [1.807, 2.05) is 21.9 Å². The van der Waals surface area contributed by atoms with Crippen molar-refractivity contribution in [3.05, 3.63) is 64.7 Å². The van der Waals surface area contributed by atoms with E-state index in [9.17, 15) is 18.0 Å². The van der Waals surface area contributed by atoms with E-state index in [0.717, 1.165) is 56.1 Å². The lowest BCUT2D eigenvalue weighted by molar-refractivity contribution is -0.137. The zero-order valence-corrected chi connectivity index (χ0v) is 19.2. The Balaban J connectivity index is 1.13. The van der Waals surface area contributed by atoms with Gasteiger partial charge in [0, 0.05) is 51.4 Å². The highest BCUT2D eigenvalue weighted by molar-refractivity contribution is 5.77. The first kappa shape index (κ1) is 24.1. The molecule has 2 aliphatic rings. The summed E-state index contributed by atoms with van der Waals surface area (Å²) < 4.78 is 38.9. The quantitative estimate of drug-likeness (QED) is 0.546. The van der Waals surface area contributed by atoms with Gasteiger partial charge in [0.05, 0.1) is 17.2 Å². The van der Waals surface area contributed by atoms with Gasteiger partial charge in [0.2, 0.25) is 5.91 Å². The Morgan fingerprint density at radius 2 is 1.71 bits per heavy atom. The fourth-order valence-electron chi connectivity index (χ4n) is 4.70. The van der Waals surface area contributed by atoms with E-state index in [1.54, 1.807) is 12.1 Å². The standard InChI is InChI=1S/C26H29F3N4O/c27-26(28,29)23-5-4-6-24(16-23)32-13-11-31(12-14-32)10-3-1-2-7-25(34)33-18-21-9-8-20(17-30)15-22(21)19-33/h4-6,8-9,15-16H,1-3,7,10-14,18-19H2. The molecule has 1 amide bonds. The Hall–Kier alpha value is -3.05. The molecule has 34 heavy (non-hydrogen) atoms. The van der Waals surface area contributed by atoms with E-state index in [1.165, 1.54) is 12.1 Å². The second-order valence-electron chi connectivity index (χ2n) is 9.03. The molecule has 0 unspecified atom stereocenters. The van der Waals surface area contributed by atoms with Crippen LogP contribution in [-0.4, -0.2) is 48.4 Å². The molecule has 180 valence electrons. The second-order valence-corrected chi connectivity index (χ2v) is 9.03. The van der Waals surface area contributed by atoms with Crippen LogP contribution in [0.25, 0.3) is 0 Å². The van der Waals surface area contributed by atoms with Crippen molar-refractivity contribution in [2.75, 3.05) is 37.6 Å². The number of nitrogens with zero attached hydrogens (tertiary/aromatic N) is 4.